The van der Waals surface area contributed by atoms with E-state index in [4.69, 9.17) is 4.74 Å². The topological polar surface area (TPSA) is 111 Å². The number of anilines is 1. The summed E-state index contributed by atoms with van der Waals surface area (Å²) < 4.78 is 42.6. The summed E-state index contributed by atoms with van der Waals surface area (Å²) in [5.41, 5.74) is -2.48. The summed E-state index contributed by atoms with van der Waals surface area (Å²) in [7, 11) is 0. The highest BCUT2D eigenvalue weighted by atomic mass is 19.4. The predicted octanol–water partition coefficient (Wildman–Crippen LogP) is 2.80. The number of nitrogens with zero attached hydrogens (tertiary/aromatic N) is 2. The van der Waals surface area contributed by atoms with Crippen molar-refractivity contribution < 1.29 is 32.4 Å². The minimum absolute atomic E-state index is 0.133. The number of benzene rings is 1. The van der Waals surface area contributed by atoms with Crippen molar-refractivity contribution in [1.82, 2.24) is 4.98 Å². The molecule has 8 nitrogen and oxygen atoms in total. The van der Waals surface area contributed by atoms with Crippen molar-refractivity contribution in [2.24, 2.45) is 0 Å². The molecular formula is C15H10F3N3O5. The number of ether oxygens (including phenoxy) is 1. The van der Waals surface area contributed by atoms with Crippen LogP contribution in [0.1, 0.15) is 15.9 Å². The molecule has 2 aromatic rings. The molecule has 0 saturated carbocycles. The van der Waals surface area contributed by atoms with Crippen LogP contribution in [0.25, 0.3) is 0 Å². The molecule has 0 bridgehead atoms. The largest absolute Gasteiger partial charge is 0.452 e. The normalized spacial score (nSPS) is 10.9. The van der Waals surface area contributed by atoms with Gasteiger partial charge in [-0.15, -0.1) is 0 Å². The van der Waals surface area contributed by atoms with Crippen molar-refractivity contribution in [3.05, 3.63) is 64.0 Å². The molecule has 0 fully saturated rings. The molecule has 0 saturated heterocycles. The molecule has 1 aromatic carbocycles. The second kappa shape index (κ2) is 7.59. The number of carbonyl (C=O) groups excluding carboxylic acids is 2. The Balaban J connectivity index is 2.06. The first-order chi connectivity index (χ1) is 12.2. The van der Waals surface area contributed by atoms with Crippen LogP contribution in [0.3, 0.4) is 0 Å². The van der Waals surface area contributed by atoms with Gasteiger partial charge in [-0.1, -0.05) is 0 Å². The van der Waals surface area contributed by atoms with Crippen molar-refractivity contribution in [2.75, 3.05) is 11.9 Å². The zero-order valence-electron chi connectivity index (χ0n) is 12.8. The Hall–Kier alpha value is -3.50. The molecule has 26 heavy (non-hydrogen) atoms. The average molecular weight is 369 g/mol. The maximum absolute atomic E-state index is 12.6. The Morgan fingerprint density at radius 3 is 2.42 bits per heavy atom. The zero-order valence-corrected chi connectivity index (χ0v) is 12.8. The van der Waals surface area contributed by atoms with Gasteiger partial charge in [-0.3, -0.25) is 19.9 Å². The van der Waals surface area contributed by atoms with E-state index in [-0.39, 0.29) is 5.56 Å². The molecule has 0 aliphatic carbocycles. The molecule has 2 rings (SSSR count). The number of aromatic nitrogens is 1. The molecule has 0 atom stereocenters. The fraction of sp³-hybridized carbons (Fsp3) is 0.133. The Bertz CT molecular complexity index is 840. The Labute approximate surface area is 143 Å². The quantitative estimate of drug-likeness (QED) is 0.493. The first-order valence-electron chi connectivity index (χ1n) is 6.91. The van der Waals surface area contributed by atoms with Crippen LogP contribution in [0.2, 0.25) is 0 Å². The van der Waals surface area contributed by atoms with E-state index in [1.54, 1.807) is 0 Å². The van der Waals surface area contributed by atoms with Crippen LogP contribution in [0.15, 0.2) is 42.7 Å². The van der Waals surface area contributed by atoms with Crippen LogP contribution in [0.5, 0.6) is 0 Å². The van der Waals surface area contributed by atoms with Gasteiger partial charge in [0.15, 0.2) is 6.61 Å². The monoisotopic (exact) mass is 369 g/mol. The van der Waals surface area contributed by atoms with E-state index in [1.165, 1.54) is 24.5 Å². The summed E-state index contributed by atoms with van der Waals surface area (Å²) in [5.74, 6) is -1.78. The Morgan fingerprint density at radius 2 is 1.85 bits per heavy atom. The molecular weight excluding hydrogens is 359 g/mol. The minimum Gasteiger partial charge on any atom is -0.452 e. The smallest absolute Gasteiger partial charge is 0.416 e. The second-order valence-corrected chi connectivity index (χ2v) is 4.85. The first-order valence-corrected chi connectivity index (χ1v) is 6.91. The zero-order chi connectivity index (χ0) is 19.3. The molecule has 11 heteroatoms. The maximum Gasteiger partial charge on any atom is 0.416 e. The predicted molar refractivity (Wildman–Crippen MR) is 81.2 cm³/mol. The number of halogens is 3. The third kappa shape index (κ3) is 4.75. The van der Waals surface area contributed by atoms with Crippen molar-refractivity contribution >= 4 is 23.3 Å². The third-order valence-corrected chi connectivity index (χ3v) is 3.05. The van der Waals surface area contributed by atoms with Crippen LogP contribution in [-0.4, -0.2) is 28.4 Å². The van der Waals surface area contributed by atoms with E-state index < -0.39 is 46.5 Å². The van der Waals surface area contributed by atoms with E-state index in [0.29, 0.717) is 12.1 Å². The SMILES string of the molecule is O=C(COC(=O)c1ccncc1)Nc1ccc(C(F)(F)F)cc1[N+](=O)[O-]. The molecule has 0 unspecified atom stereocenters. The first kappa shape index (κ1) is 18.8. The molecule has 0 aliphatic rings. The molecule has 0 aliphatic heterocycles. The van der Waals surface area contributed by atoms with E-state index in [0.717, 1.165) is 6.07 Å². The van der Waals surface area contributed by atoms with Gasteiger partial charge in [-0.05, 0) is 24.3 Å². The van der Waals surface area contributed by atoms with Crippen molar-refractivity contribution in [3.63, 3.8) is 0 Å². The second-order valence-electron chi connectivity index (χ2n) is 4.85. The van der Waals surface area contributed by atoms with Crippen LogP contribution in [0, 0.1) is 10.1 Å². The number of alkyl halides is 3. The molecule has 1 aromatic heterocycles. The number of carbonyl (C=O) groups is 2. The molecule has 1 heterocycles. The summed E-state index contributed by atoms with van der Waals surface area (Å²) in [6.45, 7) is -0.778. The van der Waals surface area contributed by atoms with Gasteiger partial charge in [0.1, 0.15) is 5.69 Å². The third-order valence-electron chi connectivity index (χ3n) is 3.05. The van der Waals surface area contributed by atoms with Gasteiger partial charge in [-0.2, -0.15) is 13.2 Å². The molecule has 0 spiro atoms. The standard InChI is InChI=1S/C15H10F3N3O5/c16-15(17,18)10-1-2-11(12(7-10)21(24)25)20-13(22)8-26-14(23)9-3-5-19-6-4-9/h1-7H,8H2,(H,20,22). The lowest BCUT2D eigenvalue weighted by Crippen LogP contribution is -2.21. The van der Waals surface area contributed by atoms with Gasteiger partial charge in [0.2, 0.25) is 0 Å². The summed E-state index contributed by atoms with van der Waals surface area (Å²) in [6, 6.07) is 4.34. The number of rotatable bonds is 5. The highest BCUT2D eigenvalue weighted by Crippen LogP contribution is 2.34. The summed E-state index contributed by atoms with van der Waals surface area (Å²) in [4.78, 5) is 37.0. The van der Waals surface area contributed by atoms with E-state index in [1.807, 2.05) is 5.32 Å². The highest BCUT2D eigenvalue weighted by molar-refractivity contribution is 5.96. The Kier molecular flexibility index (Phi) is 5.50. The number of pyridine rings is 1. The van der Waals surface area contributed by atoms with Crippen LogP contribution >= 0.6 is 0 Å². The maximum atomic E-state index is 12.6. The number of hydrogen-bond donors (Lipinski definition) is 1. The van der Waals surface area contributed by atoms with Gasteiger partial charge in [0.05, 0.1) is 16.1 Å². The number of hydrogen-bond acceptors (Lipinski definition) is 6. The summed E-state index contributed by atoms with van der Waals surface area (Å²) in [5, 5.41) is 13.0. The summed E-state index contributed by atoms with van der Waals surface area (Å²) >= 11 is 0. The Morgan fingerprint density at radius 1 is 1.19 bits per heavy atom. The number of esters is 1. The molecule has 0 radical (unpaired) electrons. The van der Waals surface area contributed by atoms with Crippen LogP contribution in [-0.2, 0) is 15.7 Å². The van der Waals surface area contributed by atoms with Crippen molar-refractivity contribution in [2.45, 2.75) is 6.18 Å². The van der Waals surface area contributed by atoms with Gasteiger partial charge >= 0.3 is 12.1 Å². The van der Waals surface area contributed by atoms with Gasteiger partial charge < -0.3 is 10.1 Å². The van der Waals surface area contributed by atoms with E-state index in [2.05, 4.69) is 4.98 Å². The number of amides is 1. The van der Waals surface area contributed by atoms with Crippen LogP contribution in [0.4, 0.5) is 24.5 Å². The van der Waals surface area contributed by atoms with E-state index in [9.17, 15) is 32.9 Å². The average Bonchev–Trinajstić information content (AvgIpc) is 2.59. The van der Waals surface area contributed by atoms with Gasteiger partial charge in [0.25, 0.3) is 11.6 Å². The molecule has 136 valence electrons. The number of nitrogens with one attached hydrogen (secondary N) is 1. The minimum atomic E-state index is -4.77. The number of nitro groups is 1. The highest BCUT2D eigenvalue weighted by Gasteiger charge is 2.33. The molecule has 1 amide bonds. The van der Waals surface area contributed by atoms with Crippen molar-refractivity contribution in [3.8, 4) is 0 Å². The van der Waals surface area contributed by atoms with Crippen LogP contribution < -0.4 is 5.32 Å². The van der Waals surface area contributed by atoms with Gasteiger partial charge in [-0.25, -0.2) is 4.79 Å². The molecule has 1 N–H and O–H groups in total. The van der Waals surface area contributed by atoms with Gasteiger partial charge in [0, 0.05) is 18.5 Å². The lowest BCUT2D eigenvalue weighted by atomic mass is 10.1. The lowest BCUT2D eigenvalue weighted by Gasteiger charge is -2.10. The number of nitro benzene ring substituents is 1. The lowest BCUT2D eigenvalue weighted by molar-refractivity contribution is -0.384. The fourth-order valence-electron chi connectivity index (χ4n) is 1.85. The van der Waals surface area contributed by atoms with Crippen molar-refractivity contribution in [1.29, 1.82) is 0 Å². The summed E-state index contributed by atoms with van der Waals surface area (Å²) in [6.07, 6.45) is -2.10. The fourth-order valence-corrected chi connectivity index (χ4v) is 1.85. The van der Waals surface area contributed by atoms with E-state index >= 15 is 0 Å².